The summed E-state index contributed by atoms with van der Waals surface area (Å²) in [7, 11) is 0. The summed E-state index contributed by atoms with van der Waals surface area (Å²) in [5.41, 5.74) is -0.273. The minimum atomic E-state index is -4.62. The number of alkyl halides is 3. The molecule has 3 aromatic rings. The zero-order valence-corrected chi connectivity index (χ0v) is 22.1. The number of aryl methyl sites for hydroxylation is 1. The third-order valence-corrected chi connectivity index (χ3v) is 9.29. The number of carbonyl (C=O) groups excluding carboxylic acids is 2. The van der Waals surface area contributed by atoms with Gasteiger partial charge in [0.05, 0.1) is 16.1 Å². The van der Waals surface area contributed by atoms with E-state index in [9.17, 15) is 22.8 Å². The number of esters is 1. The van der Waals surface area contributed by atoms with Gasteiger partial charge in [0.15, 0.2) is 6.61 Å². The molecule has 5 nitrogen and oxygen atoms in total. The maximum absolute atomic E-state index is 14.0. The molecule has 4 heterocycles. The highest BCUT2D eigenvalue weighted by Crippen LogP contribution is 2.52. The minimum absolute atomic E-state index is 0.0346. The maximum Gasteiger partial charge on any atom is 0.417 e. The fourth-order valence-electron chi connectivity index (χ4n) is 6.24. The number of thiophene rings is 2. The average Bonchev–Trinajstić information content (AvgIpc) is 3.47. The number of ether oxygens (including phenoxy) is 1. The number of fused-ring (bicyclic) bond motifs is 3. The van der Waals surface area contributed by atoms with Crippen LogP contribution in [0.3, 0.4) is 0 Å². The van der Waals surface area contributed by atoms with Crippen LogP contribution in [0.15, 0.2) is 23.6 Å². The summed E-state index contributed by atoms with van der Waals surface area (Å²) in [4.78, 5) is 32.9. The van der Waals surface area contributed by atoms with Crippen molar-refractivity contribution in [1.29, 1.82) is 0 Å². The first-order chi connectivity index (χ1) is 16.8. The second-order valence-electron chi connectivity index (χ2n) is 11.1. The molecule has 2 aliphatic rings. The summed E-state index contributed by atoms with van der Waals surface area (Å²) in [5, 5.41) is 1.67. The third-order valence-electron chi connectivity index (χ3n) is 7.23. The third kappa shape index (κ3) is 4.53. The Morgan fingerprint density at radius 2 is 2.00 bits per heavy atom. The Kier molecular flexibility index (Phi) is 5.98. The van der Waals surface area contributed by atoms with Gasteiger partial charge in [0.1, 0.15) is 9.71 Å². The second-order valence-corrected chi connectivity index (χ2v) is 13.0. The van der Waals surface area contributed by atoms with Gasteiger partial charge in [-0.1, -0.05) is 26.8 Å². The molecule has 2 bridgehead atoms. The number of nitrogens with zero attached hydrogens (tertiary/aromatic N) is 2. The molecule has 1 saturated carbocycles. The molecule has 2 fully saturated rings. The summed E-state index contributed by atoms with van der Waals surface area (Å²) in [6, 6.07) is 4.59. The quantitative estimate of drug-likeness (QED) is 0.339. The van der Waals surface area contributed by atoms with Crippen LogP contribution >= 0.6 is 22.7 Å². The number of halogens is 3. The van der Waals surface area contributed by atoms with Crippen LogP contribution in [-0.4, -0.2) is 41.0 Å². The number of pyridine rings is 1. The van der Waals surface area contributed by atoms with Crippen LogP contribution in [0, 0.1) is 17.8 Å². The number of likely N-dealkylation sites (tertiary alicyclic amines) is 1. The van der Waals surface area contributed by atoms with Gasteiger partial charge in [0, 0.05) is 18.0 Å². The highest BCUT2D eigenvalue weighted by atomic mass is 32.1. The average molecular weight is 537 g/mol. The monoisotopic (exact) mass is 536 g/mol. The van der Waals surface area contributed by atoms with Gasteiger partial charge in [-0.25, -0.2) is 9.78 Å². The number of rotatable bonds is 4. The Morgan fingerprint density at radius 3 is 2.67 bits per heavy atom. The maximum atomic E-state index is 14.0. The topological polar surface area (TPSA) is 59.5 Å². The summed E-state index contributed by atoms with van der Waals surface area (Å²) >= 11 is 2.16. The molecule has 10 heteroatoms. The van der Waals surface area contributed by atoms with E-state index in [2.05, 4.69) is 25.8 Å². The normalized spacial score (nSPS) is 23.3. The van der Waals surface area contributed by atoms with E-state index in [1.54, 1.807) is 17.5 Å². The Balaban J connectivity index is 1.39. The summed E-state index contributed by atoms with van der Waals surface area (Å²) < 4.78 is 47.2. The van der Waals surface area contributed by atoms with Gasteiger partial charge in [-0.15, -0.1) is 22.7 Å². The van der Waals surface area contributed by atoms with E-state index in [-0.39, 0.29) is 49.1 Å². The van der Waals surface area contributed by atoms with Gasteiger partial charge in [0.2, 0.25) is 0 Å². The molecule has 36 heavy (non-hydrogen) atoms. The van der Waals surface area contributed by atoms with Gasteiger partial charge in [-0.3, -0.25) is 4.79 Å². The molecule has 1 aliphatic heterocycles. The molecule has 1 aliphatic carbocycles. The van der Waals surface area contributed by atoms with Crippen LogP contribution in [0.1, 0.15) is 60.8 Å². The lowest BCUT2D eigenvalue weighted by molar-refractivity contribution is -0.136. The summed E-state index contributed by atoms with van der Waals surface area (Å²) in [6.45, 7) is 8.27. The first-order valence-electron chi connectivity index (χ1n) is 11.8. The van der Waals surface area contributed by atoms with Crippen molar-refractivity contribution in [3.05, 3.63) is 39.6 Å². The van der Waals surface area contributed by atoms with E-state index in [0.717, 1.165) is 36.7 Å². The molecular formula is C26H27F3N2O3S2. The zero-order chi connectivity index (χ0) is 26.0. The number of carbonyl (C=O) groups is 2. The minimum Gasteiger partial charge on any atom is -0.451 e. The molecule has 0 spiro atoms. The Labute approximate surface area is 215 Å². The lowest BCUT2D eigenvalue weighted by atomic mass is 9.65. The first kappa shape index (κ1) is 25.2. The molecule has 0 aromatic carbocycles. The molecule has 0 unspecified atom stereocenters. The van der Waals surface area contributed by atoms with Crippen molar-refractivity contribution in [2.45, 2.75) is 59.2 Å². The van der Waals surface area contributed by atoms with E-state index in [1.165, 1.54) is 18.3 Å². The zero-order valence-electron chi connectivity index (χ0n) is 20.5. The lowest BCUT2D eigenvalue weighted by Gasteiger charge is -2.39. The molecule has 1 saturated heterocycles. The molecule has 5 rings (SSSR count). The van der Waals surface area contributed by atoms with Gasteiger partial charge in [0.25, 0.3) is 5.91 Å². The number of hydrogen-bond acceptors (Lipinski definition) is 6. The van der Waals surface area contributed by atoms with Crippen LogP contribution in [0.5, 0.6) is 0 Å². The fourth-order valence-corrected chi connectivity index (χ4v) is 8.03. The van der Waals surface area contributed by atoms with Crippen molar-refractivity contribution >= 4 is 44.8 Å². The molecular weight excluding hydrogens is 509 g/mol. The van der Waals surface area contributed by atoms with Crippen molar-refractivity contribution in [3.8, 4) is 10.6 Å². The van der Waals surface area contributed by atoms with Crippen molar-refractivity contribution in [3.63, 3.8) is 0 Å². The lowest BCUT2D eigenvalue weighted by Crippen LogP contribution is -2.39. The van der Waals surface area contributed by atoms with Crippen LogP contribution in [0.25, 0.3) is 20.8 Å². The molecule has 3 aromatic heterocycles. The van der Waals surface area contributed by atoms with Gasteiger partial charge in [-0.2, -0.15) is 13.2 Å². The molecule has 0 radical (unpaired) electrons. The van der Waals surface area contributed by atoms with Crippen molar-refractivity contribution in [1.82, 2.24) is 9.88 Å². The molecule has 2 atom stereocenters. The highest BCUT2D eigenvalue weighted by molar-refractivity contribution is 7.20. The summed E-state index contributed by atoms with van der Waals surface area (Å²) in [6.07, 6.45) is -1.75. The van der Waals surface area contributed by atoms with Crippen molar-refractivity contribution in [2.75, 3.05) is 13.2 Å². The number of amides is 1. The fraction of sp³-hybridized carbons (Fsp3) is 0.500. The van der Waals surface area contributed by atoms with E-state index < -0.39 is 24.3 Å². The highest BCUT2D eigenvalue weighted by Gasteiger charge is 2.51. The molecule has 0 N–H and O–H groups in total. The first-order valence-corrected chi connectivity index (χ1v) is 13.5. The Morgan fingerprint density at radius 1 is 1.25 bits per heavy atom. The molecule has 192 valence electrons. The predicted molar refractivity (Wildman–Crippen MR) is 134 cm³/mol. The number of aromatic nitrogens is 1. The predicted octanol–water partition coefficient (Wildman–Crippen LogP) is 6.94. The largest absolute Gasteiger partial charge is 0.451 e. The Bertz CT molecular complexity index is 1350. The van der Waals surface area contributed by atoms with E-state index >= 15 is 0 Å². The second kappa shape index (κ2) is 8.55. The summed E-state index contributed by atoms with van der Waals surface area (Å²) in [5.74, 6) is -1.06. The Hall–Kier alpha value is -2.46. The van der Waals surface area contributed by atoms with E-state index in [4.69, 9.17) is 4.74 Å². The van der Waals surface area contributed by atoms with Crippen molar-refractivity contribution in [2.24, 2.45) is 10.8 Å². The number of hydrogen-bond donors (Lipinski definition) is 0. The smallest absolute Gasteiger partial charge is 0.417 e. The van der Waals surface area contributed by atoms with Crippen LogP contribution in [0.4, 0.5) is 13.2 Å². The SMILES string of the molecule is Cc1c(C(=O)OCC(=O)N2C[C@@]3(C)C[C@H]2CC(C)(C)C3)sc2nc(-c3cccs3)cc(C(F)(F)F)c12. The van der Waals surface area contributed by atoms with E-state index in [1.807, 2.05) is 4.90 Å². The standard InChI is InChI=1S/C26H27F3N2O3S2/c1-14-20-16(26(27,28)29)8-17(18-6-5-7-35-18)30-22(20)36-21(14)23(33)34-11-19(32)31-13-25(4)10-15(31)9-24(2,3)12-25/h5-8,15H,9-13H2,1-4H3/t15-,25+/m1/s1. The van der Waals surface area contributed by atoms with Gasteiger partial charge >= 0.3 is 12.1 Å². The van der Waals surface area contributed by atoms with Crippen molar-refractivity contribution < 1.29 is 27.5 Å². The van der Waals surface area contributed by atoms with Crippen LogP contribution in [-0.2, 0) is 15.7 Å². The van der Waals surface area contributed by atoms with E-state index in [0.29, 0.717) is 11.4 Å². The van der Waals surface area contributed by atoms with Crippen LogP contribution < -0.4 is 0 Å². The van der Waals surface area contributed by atoms with Gasteiger partial charge < -0.3 is 9.64 Å². The van der Waals surface area contributed by atoms with Crippen LogP contribution in [0.2, 0.25) is 0 Å². The molecule has 1 amide bonds. The van der Waals surface area contributed by atoms with Gasteiger partial charge in [-0.05, 0) is 60.1 Å².